The van der Waals surface area contributed by atoms with Gasteiger partial charge in [0.15, 0.2) is 0 Å². The molecule has 0 aliphatic heterocycles. The van der Waals surface area contributed by atoms with E-state index in [-0.39, 0.29) is 0 Å². The number of rotatable bonds is 3. The van der Waals surface area contributed by atoms with Crippen LogP contribution in [0.25, 0.3) is 0 Å². The average molecular weight is 182 g/mol. The molecule has 0 amide bonds. The van der Waals surface area contributed by atoms with Crippen molar-refractivity contribution in [3.63, 3.8) is 0 Å². The van der Waals surface area contributed by atoms with E-state index in [1.54, 1.807) is 0 Å². The summed E-state index contributed by atoms with van der Waals surface area (Å²) in [4.78, 5) is 0. The molecule has 1 aliphatic rings. The van der Waals surface area contributed by atoms with E-state index >= 15 is 0 Å². The molecule has 76 valence electrons. The first-order valence-corrected chi connectivity index (χ1v) is 5.54. The molecule has 0 saturated heterocycles. The average Bonchev–Trinajstić information content (AvgIpc) is 2.18. The van der Waals surface area contributed by atoms with Crippen LogP contribution in [0.5, 0.6) is 0 Å². The molecule has 13 heavy (non-hydrogen) atoms. The Morgan fingerprint density at radius 2 is 2.23 bits per heavy atom. The Morgan fingerprint density at radius 3 is 2.62 bits per heavy atom. The van der Waals surface area contributed by atoms with E-state index < -0.39 is 5.60 Å². The zero-order valence-corrected chi connectivity index (χ0v) is 9.09. The summed E-state index contributed by atoms with van der Waals surface area (Å²) < 4.78 is 0. The second kappa shape index (κ2) is 4.28. The fourth-order valence-corrected chi connectivity index (χ4v) is 2.00. The van der Waals surface area contributed by atoms with Gasteiger partial charge in [0, 0.05) is 0 Å². The second-order valence-corrected chi connectivity index (χ2v) is 4.37. The molecule has 0 spiro atoms. The van der Waals surface area contributed by atoms with Crippen molar-refractivity contribution in [2.24, 2.45) is 11.8 Å². The lowest BCUT2D eigenvalue weighted by atomic mass is 9.76. The van der Waals surface area contributed by atoms with Gasteiger partial charge in [-0.1, -0.05) is 39.3 Å². The van der Waals surface area contributed by atoms with E-state index in [1.807, 2.05) is 6.08 Å². The van der Waals surface area contributed by atoms with Crippen molar-refractivity contribution in [3.05, 3.63) is 12.2 Å². The van der Waals surface area contributed by atoms with E-state index in [0.29, 0.717) is 11.8 Å². The molecule has 0 aromatic carbocycles. The topological polar surface area (TPSA) is 20.2 Å². The van der Waals surface area contributed by atoms with Crippen LogP contribution in [0.1, 0.15) is 46.5 Å². The van der Waals surface area contributed by atoms with Crippen molar-refractivity contribution in [3.8, 4) is 0 Å². The zero-order valence-electron chi connectivity index (χ0n) is 9.09. The first-order chi connectivity index (χ1) is 6.12. The van der Waals surface area contributed by atoms with E-state index in [2.05, 4.69) is 26.8 Å². The molecule has 1 rings (SSSR count). The summed E-state index contributed by atoms with van der Waals surface area (Å²) in [6.45, 7) is 6.49. The molecular weight excluding hydrogens is 160 g/mol. The minimum atomic E-state index is -0.513. The third-order valence-corrected chi connectivity index (χ3v) is 3.56. The minimum absolute atomic E-state index is 0.390. The maximum atomic E-state index is 10.3. The highest BCUT2D eigenvalue weighted by Crippen LogP contribution is 2.34. The number of hydrogen-bond donors (Lipinski definition) is 1. The Morgan fingerprint density at radius 1 is 1.54 bits per heavy atom. The molecule has 0 aromatic heterocycles. The van der Waals surface area contributed by atoms with Gasteiger partial charge < -0.3 is 5.11 Å². The van der Waals surface area contributed by atoms with Gasteiger partial charge in [0.05, 0.1) is 5.60 Å². The van der Waals surface area contributed by atoms with Crippen LogP contribution in [0.4, 0.5) is 0 Å². The van der Waals surface area contributed by atoms with Crippen LogP contribution in [-0.2, 0) is 0 Å². The third kappa shape index (κ3) is 2.34. The Kier molecular flexibility index (Phi) is 3.55. The first kappa shape index (κ1) is 10.8. The predicted octanol–water partition coefficient (Wildman–Crippen LogP) is 3.14. The maximum absolute atomic E-state index is 10.3. The van der Waals surface area contributed by atoms with Crippen LogP contribution in [0.2, 0.25) is 0 Å². The molecule has 1 aliphatic carbocycles. The number of aliphatic hydroxyl groups is 1. The molecule has 0 radical (unpaired) electrons. The summed E-state index contributed by atoms with van der Waals surface area (Å²) in [6.07, 6.45) is 8.59. The molecule has 0 aromatic rings. The molecule has 0 saturated carbocycles. The lowest BCUT2D eigenvalue weighted by Crippen LogP contribution is -2.36. The number of allylic oxidation sites excluding steroid dienone is 1. The fraction of sp³-hybridized carbons (Fsp3) is 0.833. The molecule has 0 bridgehead atoms. The molecule has 1 N–H and O–H groups in total. The number of hydrogen-bond acceptors (Lipinski definition) is 1. The molecule has 1 heteroatoms. The maximum Gasteiger partial charge on any atom is 0.0853 e. The van der Waals surface area contributed by atoms with Crippen molar-refractivity contribution in [1.29, 1.82) is 0 Å². The van der Waals surface area contributed by atoms with Crippen LogP contribution in [0.15, 0.2) is 12.2 Å². The summed E-state index contributed by atoms with van der Waals surface area (Å²) >= 11 is 0. The second-order valence-electron chi connectivity index (χ2n) is 4.37. The highest BCUT2D eigenvalue weighted by molar-refractivity contribution is 5.09. The normalized spacial score (nSPS) is 36.2. The van der Waals surface area contributed by atoms with Gasteiger partial charge in [0.25, 0.3) is 0 Å². The highest BCUT2D eigenvalue weighted by atomic mass is 16.3. The summed E-state index contributed by atoms with van der Waals surface area (Å²) in [5.41, 5.74) is -0.513. The van der Waals surface area contributed by atoms with Gasteiger partial charge in [-0.15, -0.1) is 0 Å². The summed E-state index contributed by atoms with van der Waals surface area (Å²) in [6, 6.07) is 0. The van der Waals surface area contributed by atoms with Gasteiger partial charge in [-0.25, -0.2) is 0 Å². The van der Waals surface area contributed by atoms with Crippen LogP contribution in [0, 0.1) is 11.8 Å². The molecular formula is C12H22O. The van der Waals surface area contributed by atoms with Gasteiger partial charge in [-0.2, -0.15) is 0 Å². The van der Waals surface area contributed by atoms with Crippen molar-refractivity contribution in [1.82, 2.24) is 0 Å². The molecule has 3 unspecified atom stereocenters. The third-order valence-electron chi connectivity index (χ3n) is 3.56. The quantitative estimate of drug-likeness (QED) is 0.665. The molecule has 0 heterocycles. The van der Waals surface area contributed by atoms with Crippen LogP contribution in [-0.4, -0.2) is 10.7 Å². The van der Waals surface area contributed by atoms with Crippen molar-refractivity contribution in [2.75, 3.05) is 0 Å². The van der Waals surface area contributed by atoms with E-state index in [0.717, 1.165) is 19.3 Å². The standard InChI is InChI=1S/C12H22O/c1-4-10(3)12(13)8-6-11(5-2)7-9-12/h6,8,10-11,13H,4-5,7,9H2,1-3H3. The fourth-order valence-electron chi connectivity index (χ4n) is 2.00. The van der Waals surface area contributed by atoms with Crippen LogP contribution in [0.3, 0.4) is 0 Å². The molecule has 1 nitrogen and oxygen atoms in total. The predicted molar refractivity (Wildman–Crippen MR) is 56.6 cm³/mol. The Balaban J connectivity index is 2.63. The van der Waals surface area contributed by atoms with Gasteiger partial charge in [-0.3, -0.25) is 0 Å². The minimum Gasteiger partial charge on any atom is -0.386 e. The van der Waals surface area contributed by atoms with Gasteiger partial charge in [-0.05, 0) is 31.1 Å². The lowest BCUT2D eigenvalue weighted by Gasteiger charge is -2.35. The summed E-state index contributed by atoms with van der Waals surface area (Å²) in [7, 11) is 0. The Bertz CT molecular complexity index is 186. The SMILES string of the molecule is CCC1C=CC(O)(C(C)CC)CC1. The lowest BCUT2D eigenvalue weighted by molar-refractivity contribution is 0.0152. The zero-order chi connectivity index (χ0) is 9.90. The van der Waals surface area contributed by atoms with Crippen molar-refractivity contribution in [2.45, 2.75) is 52.1 Å². The summed E-state index contributed by atoms with van der Waals surface area (Å²) in [5.74, 6) is 1.09. The van der Waals surface area contributed by atoms with Gasteiger partial charge >= 0.3 is 0 Å². The largest absolute Gasteiger partial charge is 0.386 e. The summed E-state index contributed by atoms with van der Waals surface area (Å²) in [5, 5.41) is 10.3. The Labute approximate surface area is 81.9 Å². The smallest absolute Gasteiger partial charge is 0.0853 e. The first-order valence-electron chi connectivity index (χ1n) is 5.54. The highest BCUT2D eigenvalue weighted by Gasteiger charge is 2.32. The molecule has 3 atom stereocenters. The van der Waals surface area contributed by atoms with Crippen LogP contribution < -0.4 is 0 Å². The van der Waals surface area contributed by atoms with E-state index in [4.69, 9.17) is 0 Å². The van der Waals surface area contributed by atoms with Gasteiger partial charge in [0.1, 0.15) is 0 Å². The van der Waals surface area contributed by atoms with Crippen molar-refractivity contribution >= 4 is 0 Å². The van der Waals surface area contributed by atoms with Crippen LogP contribution >= 0.6 is 0 Å². The monoisotopic (exact) mass is 182 g/mol. The van der Waals surface area contributed by atoms with Gasteiger partial charge in [0.2, 0.25) is 0 Å². The van der Waals surface area contributed by atoms with E-state index in [9.17, 15) is 5.11 Å². The Hall–Kier alpha value is -0.300. The molecule has 0 fully saturated rings. The van der Waals surface area contributed by atoms with Crippen molar-refractivity contribution < 1.29 is 5.11 Å². The van der Waals surface area contributed by atoms with E-state index in [1.165, 1.54) is 6.42 Å².